The number of ketones is 2. The predicted molar refractivity (Wildman–Crippen MR) is 53.5 cm³/mol. The summed E-state index contributed by atoms with van der Waals surface area (Å²) in [7, 11) is 0. The minimum atomic E-state index is -2.03. The fourth-order valence-corrected chi connectivity index (χ4v) is 1.13. The number of aliphatic hydroxyl groups is 4. The molecule has 88 valence electrons. The molecule has 4 atom stereocenters. The van der Waals surface area contributed by atoms with Crippen LogP contribution >= 0.6 is 15.9 Å². The van der Waals surface area contributed by atoms with E-state index in [9.17, 15) is 19.8 Å². The molecule has 0 heterocycles. The molecule has 0 unspecified atom stereocenters. The number of hydrogen-bond acceptors (Lipinski definition) is 6. The van der Waals surface area contributed by atoms with Crippen LogP contribution in [-0.2, 0) is 9.59 Å². The van der Waals surface area contributed by atoms with E-state index in [4.69, 9.17) is 10.2 Å². The maximum Gasteiger partial charge on any atom is 0.230 e. The molecule has 0 aliphatic heterocycles. The molecule has 0 aliphatic carbocycles. The second-order valence-electron chi connectivity index (χ2n) is 3.09. The van der Waals surface area contributed by atoms with Gasteiger partial charge in [0.1, 0.15) is 18.3 Å². The average Bonchev–Trinajstić information content (AvgIpc) is 2.23. The normalized spacial score (nSPS) is 19.1. The highest BCUT2D eigenvalue weighted by Gasteiger charge is 2.35. The first kappa shape index (κ1) is 14.7. The summed E-state index contributed by atoms with van der Waals surface area (Å²) < 4.78 is 0. The van der Waals surface area contributed by atoms with E-state index in [0.29, 0.717) is 0 Å². The van der Waals surface area contributed by atoms with Crippen LogP contribution in [0.15, 0.2) is 0 Å². The van der Waals surface area contributed by atoms with Crippen molar-refractivity contribution in [3.8, 4) is 0 Å². The molecule has 0 saturated carbocycles. The molecule has 0 rings (SSSR count). The molecule has 0 aromatic heterocycles. The van der Waals surface area contributed by atoms with E-state index in [-0.39, 0.29) is 5.33 Å². The van der Waals surface area contributed by atoms with Gasteiger partial charge in [-0.25, -0.2) is 0 Å². The van der Waals surface area contributed by atoms with Gasteiger partial charge in [0.2, 0.25) is 11.6 Å². The number of halogens is 1. The van der Waals surface area contributed by atoms with Crippen molar-refractivity contribution in [2.24, 2.45) is 0 Å². The van der Waals surface area contributed by atoms with Crippen molar-refractivity contribution in [2.75, 3.05) is 5.33 Å². The van der Waals surface area contributed by atoms with Crippen molar-refractivity contribution in [1.29, 1.82) is 0 Å². The second kappa shape index (κ2) is 6.29. The largest absolute Gasteiger partial charge is 0.391 e. The molecule has 15 heavy (non-hydrogen) atoms. The van der Waals surface area contributed by atoms with Gasteiger partial charge in [-0.05, 0) is 6.92 Å². The molecule has 0 aliphatic rings. The summed E-state index contributed by atoms with van der Waals surface area (Å²) in [4.78, 5) is 21.9. The first-order chi connectivity index (χ1) is 6.82. The molecule has 0 amide bonds. The third-order valence-corrected chi connectivity index (χ3v) is 2.34. The SMILES string of the molecule is C[C@H](O)[C@H](O)[C@@H](O)[C@@H](O)C(=O)C(=O)CBr. The summed E-state index contributed by atoms with van der Waals surface area (Å²) in [6.45, 7) is 1.18. The summed E-state index contributed by atoms with van der Waals surface area (Å²) in [6.07, 6.45) is -6.92. The van der Waals surface area contributed by atoms with E-state index in [2.05, 4.69) is 15.9 Å². The number of aliphatic hydroxyl groups excluding tert-OH is 4. The van der Waals surface area contributed by atoms with Crippen LogP contribution in [-0.4, -0.2) is 61.7 Å². The van der Waals surface area contributed by atoms with Crippen molar-refractivity contribution < 1.29 is 30.0 Å². The molecule has 0 aromatic carbocycles. The van der Waals surface area contributed by atoms with Gasteiger partial charge in [-0.1, -0.05) is 15.9 Å². The van der Waals surface area contributed by atoms with Gasteiger partial charge in [0, 0.05) is 0 Å². The van der Waals surface area contributed by atoms with Crippen molar-refractivity contribution in [3.63, 3.8) is 0 Å². The van der Waals surface area contributed by atoms with Gasteiger partial charge in [-0.3, -0.25) is 9.59 Å². The quantitative estimate of drug-likeness (QED) is 0.331. The van der Waals surface area contributed by atoms with Crippen LogP contribution in [0.5, 0.6) is 0 Å². The zero-order chi connectivity index (χ0) is 12.2. The number of hydrogen-bond donors (Lipinski definition) is 4. The van der Waals surface area contributed by atoms with Gasteiger partial charge >= 0.3 is 0 Å². The first-order valence-electron chi connectivity index (χ1n) is 4.18. The minimum Gasteiger partial charge on any atom is -0.391 e. The topological polar surface area (TPSA) is 115 Å². The third kappa shape index (κ3) is 3.96. The van der Waals surface area contributed by atoms with Crippen molar-refractivity contribution in [3.05, 3.63) is 0 Å². The summed E-state index contributed by atoms with van der Waals surface area (Å²) in [6, 6.07) is 0. The molecule has 0 fully saturated rings. The molecule has 7 heteroatoms. The Morgan fingerprint density at radius 3 is 1.93 bits per heavy atom. The van der Waals surface area contributed by atoms with Crippen LogP contribution in [0.3, 0.4) is 0 Å². The highest BCUT2D eigenvalue weighted by Crippen LogP contribution is 2.06. The lowest BCUT2D eigenvalue weighted by Gasteiger charge is -2.23. The fraction of sp³-hybridized carbons (Fsp3) is 0.750. The molecule has 0 spiro atoms. The van der Waals surface area contributed by atoms with Crippen LogP contribution in [0.1, 0.15) is 6.92 Å². The first-order valence-corrected chi connectivity index (χ1v) is 5.30. The van der Waals surface area contributed by atoms with E-state index in [0.717, 1.165) is 0 Å². The van der Waals surface area contributed by atoms with Crippen LogP contribution in [0.2, 0.25) is 0 Å². The molecule has 0 aromatic rings. The molecular weight excluding hydrogens is 272 g/mol. The number of carbonyl (C=O) groups is 2. The predicted octanol–water partition coefficient (Wildman–Crippen LogP) is -2.02. The van der Waals surface area contributed by atoms with E-state index < -0.39 is 36.0 Å². The molecule has 6 nitrogen and oxygen atoms in total. The fourth-order valence-electron chi connectivity index (χ4n) is 0.858. The Balaban J connectivity index is 4.50. The van der Waals surface area contributed by atoms with Crippen LogP contribution in [0.25, 0.3) is 0 Å². The minimum absolute atomic E-state index is 0.277. The molecule has 4 N–H and O–H groups in total. The lowest BCUT2D eigenvalue weighted by Crippen LogP contribution is -2.48. The van der Waals surface area contributed by atoms with Gasteiger partial charge in [0.25, 0.3) is 0 Å². The lowest BCUT2D eigenvalue weighted by molar-refractivity contribution is -0.151. The van der Waals surface area contributed by atoms with Crippen molar-refractivity contribution in [2.45, 2.75) is 31.3 Å². The highest BCUT2D eigenvalue weighted by molar-refractivity contribution is 9.09. The maximum absolute atomic E-state index is 11.1. The van der Waals surface area contributed by atoms with Crippen molar-refractivity contribution in [1.82, 2.24) is 0 Å². The van der Waals surface area contributed by atoms with Gasteiger partial charge in [-0.15, -0.1) is 0 Å². The molecule has 0 bridgehead atoms. The summed E-state index contributed by atoms with van der Waals surface area (Å²) in [5, 5.41) is 36.2. The maximum atomic E-state index is 11.1. The van der Waals surface area contributed by atoms with Crippen LogP contribution in [0, 0.1) is 0 Å². The lowest BCUT2D eigenvalue weighted by atomic mass is 9.99. The van der Waals surface area contributed by atoms with E-state index in [1.807, 2.05) is 0 Å². The Labute approximate surface area is 94.7 Å². The van der Waals surface area contributed by atoms with Crippen LogP contribution in [0.4, 0.5) is 0 Å². The molecule has 0 radical (unpaired) electrons. The Hall–Kier alpha value is -0.340. The smallest absolute Gasteiger partial charge is 0.230 e. The third-order valence-electron chi connectivity index (χ3n) is 1.83. The van der Waals surface area contributed by atoms with Crippen molar-refractivity contribution >= 4 is 27.5 Å². The standard InChI is InChI=1S/C8H13BrO6/c1-3(10)5(12)7(14)8(15)6(13)4(11)2-9/h3,5,7-8,10,12,14-15H,2H2,1H3/t3-,5-,7+,8-/m0/s1. The van der Waals surface area contributed by atoms with E-state index in [1.54, 1.807) is 0 Å². The highest BCUT2D eigenvalue weighted by atomic mass is 79.9. The summed E-state index contributed by atoms with van der Waals surface area (Å²) >= 11 is 2.72. The second-order valence-corrected chi connectivity index (χ2v) is 3.65. The Morgan fingerprint density at radius 2 is 1.60 bits per heavy atom. The Kier molecular flexibility index (Phi) is 6.15. The summed E-state index contributed by atoms with van der Waals surface area (Å²) in [5.41, 5.74) is 0. The Morgan fingerprint density at radius 1 is 1.13 bits per heavy atom. The number of carbonyl (C=O) groups excluding carboxylic acids is 2. The number of rotatable bonds is 6. The van der Waals surface area contributed by atoms with Gasteiger partial charge < -0.3 is 20.4 Å². The Bertz CT molecular complexity index is 241. The van der Waals surface area contributed by atoms with E-state index >= 15 is 0 Å². The van der Waals surface area contributed by atoms with Gasteiger partial charge in [-0.2, -0.15) is 0 Å². The van der Waals surface area contributed by atoms with Gasteiger partial charge in [0.15, 0.2) is 0 Å². The van der Waals surface area contributed by atoms with Crippen LogP contribution < -0.4 is 0 Å². The zero-order valence-corrected chi connectivity index (χ0v) is 9.59. The monoisotopic (exact) mass is 284 g/mol. The summed E-state index contributed by atoms with van der Waals surface area (Å²) in [5.74, 6) is -2.13. The van der Waals surface area contributed by atoms with E-state index in [1.165, 1.54) is 6.92 Å². The number of alkyl halides is 1. The van der Waals surface area contributed by atoms with Gasteiger partial charge in [0.05, 0.1) is 11.4 Å². The zero-order valence-electron chi connectivity index (χ0n) is 8.00. The molecule has 0 saturated heterocycles. The number of Topliss-reactive ketones (excluding diaryl/α,β-unsaturated/α-hetero) is 2. The molecular formula is C8H13BrO6. The average molecular weight is 285 g/mol.